The van der Waals surface area contributed by atoms with Crippen LogP contribution < -0.4 is 10.1 Å². The van der Waals surface area contributed by atoms with Crippen LogP contribution in [0.25, 0.3) is 21.3 Å². The molecular formula is C24H30N4O3S. The maximum atomic E-state index is 12.0. The highest BCUT2D eigenvalue weighted by atomic mass is 32.1. The molecule has 1 N–H and O–H groups in total. The topological polar surface area (TPSA) is 76.6 Å². The molecule has 3 aromatic rings. The summed E-state index contributed by atoms with van der Waals surface area (Å²) in [6, 6.07) is 8.46. The lowest BCUT2D eigenvalue weighted by atomic mass is 10.0. The van der Waals surface area contributed by atoms with Crippen LogP contribution in [0, 0.1) is 13.8 Å². The number of carbonyl (C=O) groups excluding carboxylic acids is 1. The van der Waals surface area contributed by atoms with Crippen molar-refractivity contribution in [3.05, 3.63) is 35.0 Å². The number of rotatable bonds is 6. The van der Waals surface area contributed by atoms with Crippen LogP contribution in [0.15, 0.2) is 24.3 Å². The van der Waals surface area contributed by atoms with Gasteiger partial charge in [0, 0.05) is 29.6 Å². The fourth-order valence-corrected chi connectivity index (χ4v) is 5.26. The van der Waals surface area contributed by atoms with Crippen molar-refractivity contribution >= 4 is 33.5 Å². The highest BCUT2D eigenvalue weighted by molar-refractivity contribution is 7.19. The largest absolute Gasteiger partial charge is 0.494 e. The molecule has 0 atom stereocenters. The molecule has 170 valence electrons. The summed E-state index contributed by atoms with van der Waals surface area (Å²) in [7, 11) is 0. The number of hydrogen-bond donors (Lipinski definition) is 1. The van der Waals surface area contributed by atoms with Gasteiger partial charge in [-0.25, -0.2) is 14.8 Å². The third-order valence-corrected chi connectivity index (χ3v) is 6.65. The predicted molar refractivity (Wildman–Crippen MR) is 129 cm³/mol. The van der Waals surface area contributed by atoms with Crippen molar-refractivity contribution in [2.75, 3.05) is 31.6 Å². The Labute approximate surface area is 192 Å². The molecule has 1 aliphatic rings. The fourth-order valence-electron chi connectivity index (χ4n) is 4.17. The third kappa shape index (κ3) is 4.65. The van der Waals surface area contributed by atoms with Crippen molar-refractivity contribution in [1.29, 1.82) is 0 Å². The number of fused-ring (bicyclic) bond motifs is 1. The smallest absolute Gasteiger partial charge is 0.409 e. The first-order chi connectivity index (χ1) is 15.5. The second kappa shape index (κ2) is 9.73. The van der Waals surface area contributed by atoms with Crippen molar-refractivity contribution in [2.24, 2.45) is 0 Å². The van der Waals surface area contributed by atoms with Crippen LogP contribution in [0.5, 0.6) is 5.75 Å². The van der Waals surface area contributed by atoms with Gasteiger partial charge in [0.25, 0.3) is 0 Å². The average molecular weight is 455 g/mol. The number of nitrogens with zero attached hydrogens (tertiary/aromatic N) is 3. The molecule has 2 aromatic heterocycles. The Morgan fingerprint density at radius 1 is 1.12 bits per heavy atom. The molecule has 1 aromatic carbocycles. The van der Waals surface area contributed by atoms with E-state index in [1.165, 1.54) is 10.4 Å². The number of likely N-dealkylation sites (tertiary alicyclic amines) is 1. The second-order valence-electron chi connectivity index (χ2n) is 7.89. The number of thiophene rings is 1. The third-order valence-electron chi connectivity index (χ3n) is 5.66. The molecule has 0 saturated carbocycles. The fraction of sp³-hybridized carbons (Fsp3) is 0.458. The van der Waals surface area contributed by atoms with E-state index in [1.54, 1.807) is 16.2 Å². The molecule has 8 heteroatoms. The maximum absolute atomic E-state index is 12.0. The van der Waals surface area contributed by atoms with Crippen molar-refractivity contribution in [3.63, 3.8) is 0 Å². The van der Waals surface area contributed by atoms with E-state index in [1.807, 2.05) is 32.9 Å². The zero-order valence-electron chi connectivity index (χ0n) is 19.1. The van der Waals surface area contributed by atoms with Gasteiger partial charge in [0.15, 0.2) is 0 Å². The molecule has 32 heavy (non-hydrogen) atoms. The number of piperidine rings is 1. The highest BCUT2D eigenvalue weighted by Crippen LogP contribution is 2.41. The number of nitrogens with one attached hydrogen (secondary N) is 1. The number of ether oxygens (including phenoxy) is 2. The van der Waals surface area contributed by atoms with Crippen molar-refractivity contribution in [2.45, 2.75) is 46.6 Å². The molecule has 0 bridgehead atoms. The van der Waals surface area contributed by atoms with Gasteiger partial charge in [-0.05, 0) is 58.2 Å². The predicted octanol–water partition coefficient (Wildman–Crippen LogP) is 5.41. The molecule has 0 radical (unpaired) electrons. The summed E-state index contributed by atoms with van der Waals surface area (Å²) in [5.41, 5.74) is 2.30. The van der Waals surface area contributed by atoms with E-state index in [2.05, 4.69) is 24.4 Å². The number of benzene rings is 1. The molecule has 3 heterocycles. The Morgan fingerprint density at radius 3 is 2.50 bits per heavy atom. The summed E-state index contributed by atoms with van der Waals surface area (Å²) in [6.07, 6.45) is 1.48. The first-order valence-electron chi connectivity index (χ1n) is 11.2. The Balaban J connectivity index is 1.62. The number of hydrogen-bond acceptors (Lipinski definition) is 7. The van der Waals surface area contributed by atoms with Crippen LogP contribution in [-0.2, 0) is 4.74 Å². The zero-order valence-corrected chi connectivity index (χ0v) is 19.9. The number of anilines is 1. The number of amides is 1. The quantitative estimate of drug-likeness (QED) is 0.537. The minimum absolute atomic E-state index is 0.225. The van der Waals surface area contributed by atoms with Gasteiger partial charge < -0.3 is 19.7 Å². The monoisotopic (exact) mass is 454 g/mol. The SMILES string of the molecule is CCOC(=O)N1CCC(Nc2nc(C)nc3sc(C)c(-c4ccc(OCC)cc4)c23)CC1. The molecule has 1 fully saturated rings. The molecule has 1 saturated heterocycles. The molecule has 0 spiro atoms. The van der Waals surface area contributed by atoms with Gasteiger partial charge in [-0.15, -0.1) is 11.3 Å². The Hall–Kier alpha value is -2.87. The van der Waals surface area contributed by atoms with Crippen LogP contribution in [0.2, 0.25) is 0 Å². The maximum Gasteiger partial charge on any atom is 0.409 e. The van der Waals surface area contributed by atoms with E-state index in [-0.39, 0.29) is 12.1 Å². The molecule has 7 nitrogen and oxygen atoms in total. The Morgan fingerprint density at radius 2 is 1.84 bits per heavy atom. The zero-order chi connectivity index (χ0) is 22.7. The van der Waals surface area contributed by atoms with Crippen LogP contribution in [0.4, 0.5) is 10.6 Å². The van der Waals surface area contributed by atoms with Crippen molar-refractivity contribution in [3.8, 4) is 16.9 Å². The van der Waals surface area contributed by atoms with Crippen molar-refractivity contribution < 1.29 is 14.3 Å². The van der Waals surface area contributed by atoms with E-state index in [0.29, 0.717) is 26.3 Å². The van der Waals surface area contributed by atoms with E-state index < -0.39 is 0 Å². The molecule has 4 rings (SSSR count). The van der Waals surface area contributed by atoms with Gasteiger partial charge in [0.1, 0.15) is 22.2 Å². The van der Waals surface area contributed by atoms with E-state index >= 15 is 0 Å². The molecule has 0 aliphatic carbocycles. The first-order valence-corrected chi connectivity index (χ1v) is 12.0. The van der Waals surface area contributed by atoms with E-state index in [0.717, 1.165) is 46.0 Å². The average Bonchev–Trinajstić information content (AvgIpc) is 3.11. The summed E-state index contributed by atoms with van der Waals surface area (Å²) < 4.78 is 10.7. The lowest BCUT2D eigenvalue weighted by molar-refractivity contribution is 0.0983. The van der Waals surface area contributed by atoms with Crippen LogP contribution in [0.3, 0.4) is 0 Å². The van der Waals surface area contributed by atoms with Gasteiger partial charge in [0.05, 0.1) is 18.6 Å². The number of aryl methyl sites for hydroxylation is 2. The van der Waals surface area contributed by atoms with E-state index in [9.17, 15) is 4.79 Å². The van der Waals surface area contributed by atoms with Crippen molar-refractivity contribution in [1.82, 2.24) is 14.9 Å². The van der Waals surface area contributed by atoms with Crippen LogP contribution >= 0.6 is 11.3 Å². The van der Waals surface area contributed by atoms with Crippen LogP contribution in [-0.4, -0.2) is 53.3 Å². The van der Waals surface area contributed by atoms with Crippen LogP contribution in [0.1, 0.15) is 37.4 Å². The number of carbonyl (C=O) groups is 1. The summed E-state index contributed by atoms with van der Waals surface area (Å²) in [4.78, 5) is 25.5. The number of aromatic nitrogens is 2. The summed E-state index contributed by atoms with van der Waals surface area (Å²) in [6.45, 7) is 10.3. The molecule has 1 amide bonds. The normalized spacial score (nSPS) is 14.6. The lowest BCUT2D eigenvalue weighted by Crippen LogP contribution is -2.42. The van der Waals surface area contributed by atoms with Gasteiger partial charge in [-0.3, -0.25) is 0 Å². The van der Waals surface area contributed by atoms with Gasteiger partial charge in [-0.1, -0.05) is 12.1 Å². The lowest BCUT2D eigenvalue weighted by Gasteiger charge is -2.32. The summed E-state index contributed by atoms with van der Waals surface area (Å²) in [5.74, 6) is 2.49. The van der Waals surface area contributed by atoms with Gasteiger partial charge in [0.2, 0.25) is 0 Å². The van der Waals surface area contributed by atoms with Gasteiger partial charge in [-0.2, -0.15) is 0 Å². The summed E-state index contributed by atoms with van der Waals surface area (Å²) in [5, 5.41) is 4.73. The molecule has 1 aliphatic heterocycles. The molecule has 0 unspecified atom stereocenters. The second-order valence-corrected chi connectivity index (χ2v) is 9.10. The standard InChI is InChI=1S/C24H30N4O3S/c1-5-30-19-9-7-17(8-10-19)20-15(3)32-23-21(20)22(25-16(4)26-23)27-18-11-13-28(14-12-18)24(29)31-6-2/h7-10,18H,5-6,11-14H2,1-4H3,(H,25,26,27). The first kappa shape index (κ1) is 22.3. The minimum Gasteiger partial charge on any atom is -0.494 e. The van der Waals surface area contributed by atoms with Gasteiger partial charge >= 0.3 is 6.09 Å². The minimum atomic E-state index is -0.225. The highest BCUT2D eigenvalue weighted by Gasteiger charge is 2.25. The Bertz CT molecular complexity index is 1090. The summed E-state index contributed by atoms with van der Waals surface area (Å²) >= 11 is 1.70. The Kier molecular flexibility index (Phi) is 6.79. The molecular weight excluding hydrogens is 424 g/mol. The van der Waals surface area contributed by atoms with E-state index in [4.69, 9.17) is 19.4 Å².